The molecule has 0 aliphatic heterocycles. The van der Waals surface area contributed by atoms with E-state index < -0.39 is 11.7 Å². The van der Waals surface area contributed by atoms with Crippen LogP contribution in [0.2, 0.25) is 0 Å². The van der Waals surface area contributed by atoms with Crippen LogP contribution in [0, 0.1) is 5.92 Å². The molecule has 1 N–H and O–H groups in total. The van der Waals surface area contributed by atoms with Crippen molar-refractivity contribution in [3.05, 3.63) is 35.4 Å². The molecule has 1 aliphatic carbocycles. The average molecular weight is 229 g/mol. The molecule has 0 bridgehead atoms. The Bertz CT molecular complexity index is 352. The molecule has 1 aliphatic rings. The number of alkyl halides is 3. The normalized spacial score (nSPS) is 18.5. The predicted octanol–water partition coefficient (Wildman–Crippen LogP) is 3.38. The lowest BCUT2D eigenvalue weighted by molar-refractivity contribution is -0.137. The standard InChI is InChI=1S/C12H14F3N/c1-16-11(8-2-3-8)9-4-6-10(7-5-9)12(13,14)15/h4-8,11,16H,2-3H2,1H3. The first-order valence-corrected chi connectivity index (χ1v) is 5.37. The van der Waals surface area contributed by atoms with Crippen LogP contribution in [0.4, 0.5) is 13.2 Å². The van der Waals surface area contributed by atoms with Gasteiger partial charge in [-0.05, 0) is 43.5 Å². The summed E-state index contributed by atoms with van der Waals surface area (Å²) in [5.41, 5.74) is 0.361. The number of hydrogen-bond donors (Lipinski definition) is 1. The Labute approximate surface area is 92.7 Å². The monoisotopic (exact) mass is 229 g/mol. The Hall–Kier alpha value is -1.03. The van der Waals surface area contributed by atoms with E-state index in [4.69, 9.17) is 0 Å². The summed E-state index contributed by atoms with van der Waals surface area (Å²) in [5, 5.41) is 3.16. The smallest absolute Gasteiger partial charge is 0.313 e. The van der Waals surface area contributed by atoms with Crippen LogP contribution in [0.3, 0.4) is 0 Å². The van der Waals surface area contributed by atoms with Crippen molar-refractivity contribution in [3.63, 3.8) is 0 Å². The summed E-state index contributed by atoms with van der Waals surface area (Å²) >= 11 is 0. The van der Waals surface area contributed by atoms with Crippen LogP contribution >= 0.6 is 0 Å². The van der Waals surface area contributed by atoms with Gasteiger partial charge in [-0.15, -0.1) is 0 Å². The summed E-state index contributed by atoms with van der Waals surface area (Å²) in [5.74, 6) is 0.585. The van der Waals surface area contributed by atoms with Crippen molar-refractivity contribution in [2.45, 2.75) is 25.1 Å². The molecule has 2 rings (SSSR count). The van der Waals surface area contributed by atoms with Crippen LogP contribution in [0.1, 0.15) is 30.0 Å². The van der Waals surface area contributed by atoms with Gasteiger partial charge in [-0.25, -0.2) is 0 Å². The van der Waals surface area contributed by atoms with Crippen LogP contribution in [-0.2, 0) is 6.18 Å². The van der Waals surface area contributed by atoms with Gasteiger partial charge in [-0.3, -0.25) is 0 Å². The van der Waals surface area contributed by atoms with Crippen LogP contribution in [-0.4, -0.2) is 7.05 Å². The van der Waals surface area contributed by atoms with Crippen molar-refractivity contribution in [3.8, 4) is 0 Å². The van der Waals surface area contributed by atoms with Crippen LogP contribution < -0.4 is 5.32 Å². The SMILES string of the molecule is CNC(c1ccc(C(F)(F)F)cc1)C1CC1. The maximum Gasteiger partial charge on any atom is 0.416 e. The molecule has 1 aromatic rings. The fourth-order valence-corrected chi connectivity index (χ4v) is 1.98. The van der Waals surface area contributed by atoms with Gasteiger partial charge in [0.2, 0.25) is 0 Å². The van der Waals surface area contributed by atoms with E-state index in [1.165, 1.54) is 0 Å². The van der Waals surface area contributed by atoms with E-state index in [2.05, 4.69) is 5.32 Å². The highest BCUT2D eigenvalue weighted by molar-refractivity contribution is 5.27. The molecular formula is C12H14F3N. The highest BCUT2D eigenvalue weighted by Crippen LogP contribution is 2.41. The molecule has 0 radical (unpaired) electrons. The first kappa shape index (κ1) is 11.5. The second-order valence-electron chi connectivity index (χ2n) is 4.22. The third-order valence-electron chi connectivity index (χ3n) is 3.00. The van der Waals surface area contributed by atoms with E-state index in [-0.39, 0.29) is 6.04 Å². The largest absolute Gasteiger partial charge is 0.416 e. The van der Waals surface area contributed by atoms with E-state index in [1.807, 2.05) is 7.05 Å². The van der Waals surface area contributed by atoms with Crippen molar-refractivity contribution < 1.29 is 13.2 Å². The molecule has 0 spiro atoms. The molecule has 1 nitrogen and oxygen atoms in total. The van der Waals surface area contributed by atoms with Gasteiger partial charge >= 0.3 is 6.18 Å². The third kappa shape index (κ3) is 2.38. The first-order valence-electron chi connectivity index (χ1n) is 5.37. The molecule has 0 heterocycles. The van der Waals surface area contributed by atoms with Crippen molar-refractivity contribution >= 4 is 0 Å². The van der Waals surface area contributed by atoms with Crippen molar-refractivity contribution in [1.82, 2.24) is 5.32 Å². The van der Waals surface area contributed by atoms with Crippen LogP contribution in [0.15, 0.2) is 24.3 Å². The Kier molecular flexibility index (Phi) is 2.93. The lowest BCUT2D eigenvalue weighted by atomic mass is 10.0. The number of nitrogens with one attached hydrogen (secondary N) is 1. The zero-order valence-corrected chi connectivity index (χ0v) is 9.01. The molecular weight excluding hydrogens is 215 g/mol. The van der Waals surface area contributed by atoms with Gasteiger partial charge in [-0.1, -0.05) is 12.1 Å². The molecule has 0 amide bonds. The van der Waals surface area contributed by atoms with Crippen LogP contribution in [0.25, 0.3) is 0 Å². The Morgan fingerprint density at radius 1 is 1.19 bits per heavy atom. The lowest BCUT2D eigenvalue weighted by Gasteiger charge is -2.16. The predicted molar refractivity (Wildman–Crippen MR) is 56.0 cm³/mol. The van der Waals surface area contributed by atoms with Gasteiger partial charge < -0.3 is 5.32 Å². The van der Waals surface area contributed by atoms with Gasteiger partial charge in [0.25, 0.3) is 0 Å². The topological polar surface area (TPSA) is 12.0 Å². The van der Waals surface area contributed by atoms with E-state index in [9.17, 15) is 13.2 Å². The number of hydrogen-bond acceptors (Lipinski definition) is 1. The summed E-state index contributed by atoms with van der Waals surface area (Å²) in [4.78, 5) is 0. The quantitative estimate of drug-likeness (QED) is 0.837. The van der Waals surface area contributed by atoms with Crippen molar-refractivity contribution in [2.24, 2.45) is 5.92 Å². The highest BCUT2D eigenvalue weighted by Gasteiger charge is 2.33. The van der Waals surface area contributed by atoms with Gasteiger partial charge in [0.1, 0.15) is 0 Å². The van der Waals surface area contributed by atoms with Gasteiger partial charge in [0.05, 0.1) is 5.56 Å². The fourth-order valence-electron chi connectivity index (χ4n) is 1.98. The second-order valence-corrected chi connectivity index (χ2v) is 4.22. The molecule has 16 heavy (non-hydrogen) atoms. The van der Waals surface area contributed by atoms with Gasteiger partial charge in [0, 0.05) is 6.04 Å². The minimum atomic E-state index is -4.24. The Morgan fingerprint density at radius 2 is 1.75 bits per heavy atom. The Morgan fingerprint density at radius 3 is 2.12 bits per heavy atom. The fraction of sp³-hybridized carbons (Fsp3) is 0.500. The summed E-state index contributed by atoms with van der Waals surface area (Å²) in [6.45, 7) is 0. The summed E-state index contributed by atoms with van der Waals surface area (Å²) in [6, 6.07) is 5.65. The zero-order valence-electron chi connectivity index (χ0n) is 9.01. The molecule has 1 fully saturated rings. The minimum Gasteiger partial charge on any atom is -0.313 e. The molecule has 4 heteroatoms. The number of benzene rings is 1. The molecule has 1 saturated carbocycles. The third-order valence-corrected chi connectivity index (χ3v) is 3.00. The molecule has 1 aromatic carbocycles. The molecule has 0 saturated heterocycles. The highest BCUT2D eigenvalue weighted by atomic mass is 19.4. The summed E-state index contributed by atoms with van der Waals surface area (Å²) in [6.07, 6.45) is -1.92. The van der Waals surface area contributed by atoms with Crippen molar-refractivity contribution in [2.75, 3.05) is 7.05 Å². The molecule has 88 valence electrons. The van der Waals surface area contributed by atoms with Crippen LogP contribution in [0.5, 0.6) is 0 Å². The molecule has 1 unspecified atom stereocenters. The summed E-state index contributed by atoms with van der Waals surface area (Å²) < 4.78 is 37.1. The molecule has 0 aromatic heterocycles. The maximum absolute atomic E-state index is 12.4. The minimum absolute atomic E-state index is 0.197. The lowest BCUT2D eigenvalue weighted by Crippen LogP contribution is -2.18. The zero-order chi connectivity index (χ0) is 11.8. The van der Waals surface area contributed by atoms with Gasteiger partial charge in [-0.2, -0.15) is 13.2 Å². The second kappa shape index (κ2) is 4.09. The van der Waals surface area contributed by atoms with Gasteiger partial charge in [0.15, 0.2) is 0 Å². The maximum atomic E-state index is 12.4. The van der Waals surface area contributed by atoms with Crippen molar-refractivity contribution in [1.29, 1.82) is 0 Å². The van der Waals surface area contributed by atoms with E-state index in [0.717, 1.165) is 30.5 Å². The van der Waals surface area contributed by atoms with E-state index in [1.54, 1.807) is 12.1 Å². The molecule has 1 atom stereocenters. The first-order chi connectivity index (χ1) is 7.52. The summed E-state index contributed by atoms with van der Waals surface area (Å²) in [7, 11) is 1.85. The Balaban J connectivity index is 2.18. The number of halogens is 3. The average Bonchev–Trinajstić information content (AvgIpc) is 3.03. The van der Waals surface area contributed by atoms with E-state index >= 15 is 0 Å². The van der Waals surface area contributed by atoms with E-state index in [0.29, 0.717) is 5.92 Å². The number of rotatable bonds is 3.